The van der Waals surface area contributed by atoms with Gasteiger partial charge in [-0.15, -0.1) is 0 Å². The van der Waals surface area contributed by atoms with Crippen LogP contribution in [-0.4, -0.2) is 18.0 Å². The minimum absolute atomic E-state index is 1.11. The molecule has 0 N–H and O–H groups in total. The molecule has 1 heteroatoms. The number of hydrogen-bond donors (Lipinski definition) is 0. The second kappa shape index (κ2) is 5.58. The van der Waals surface area contributed by atoms with E-state index in [9.17, 15) is 0 Å². The van der Waals surface area contributed by atoms with Crippen molar-refractivity contribution in [2.75, 3.05) is 13.1 Å². The zero-order valence-electron chi connectivity index (χ0n) is 11.6. The van der Waals surface area contributed by atoms with Crippen molar-refractivity contribution in [3.63, 3.8) is 0 Å². The monoisotopic (exact) mass is 251 g/mol. The molecule has 1 heterocycles. The molecule has 0 spiro atoms. The Morgan fingerprint density at radius 3 is 2.68 bits per heavy atom. The molecule has 0 aromatic heterocycles. The van der Waals surface area contributed by atoms with Crippen molar-refractivity contribution in [2.24, 2.45) is 0 Å². The van der Waals surface area contributed by atoms with E-state index in [0.29, 0.717) is 0 Å². The molecule has 0 unspecified atom stereocenters. The van der Waals surface area contributed by atoms with Crippen molar-refractivity contribution in [1.29, 1.82) is 0 Å². The Labute approximate surface area is 115 Å². The highest BCUT2D eigenvalue weighted by molar-refractivity contribution is 5.36. The summed E-state index contributed by atoms with van der Waals surface area (Å²) >= 11 is 0. The van der Waals surface area contributed by atoms with E-state index in [1.165, 1.54) is 29.7 Å². The minimum atomic E-state index is 1.11. The summed E-state index contributed by atoms with van der Waals surface area (Å²) in [4.78, 5) is 2.58. The third-order valence-corrected chi connectivity index (χ3v) is 4.14. The van der Waals surface area contributed by atoms with Gasteiger partial charge in [-0.2, -0.15) is 0 Å². The van der Waals surface area contributed by atoms with Crippen LogP contribution in [0.4, 0.5) is 0 Å². The summed E-state index contributed by atoms with van der Waals surface area (Å²) < 4.78 is 0. The first kappa shape index (κ1) is 12.4. The van der Waals surface area contributed by atoms with Crippen LogP contribution in [0.5, 0.6) is 0 Å². The van der Waals surface area contributed by atoms with E-state index in [4.69, 9.17) is 0 Å². The topological polar surface area (TPSA) is 3.24 Å². The summed E-state index contributed by atoms with van der Waals surface area (Å²) in [5.41, 5.74) is 6.01. The molecule has 0 atom stereocenters. The zero-order chi connectivity index (χ0) is 13.1. The molecule has 1 aliphatic rings. The molecule has 0 amide bonds. The molecule has 19 heavy (non-hydrogen) atoms. The Hall–Kier alpha value is -1.60. The van der Waals surface area contributed by atoms with Crippen molar-refractivity contribution >= 4 is 0 Å². The average molecular weight is 251 g/mol. The number of benzene rings is 2. The number of fused-ring (bicyclic) bond motifs is 1. The van der Waals surface area contributed by atoms with E-state index in [2.05, 4.69) is 60.4 Å². The Kier molecular flexibility index (Phi) is 3.65. The van der Waals surface area contributed by atoms with Gasteiger partial charge in [-0.25, -0.2) is 0 Å². The normalized spacial score (nSPS) is 15.2. The van der Waals surface area contributed by atoms with Gasteiger partial charge in [0, 0.05) is 19.6 Å². The van der Waals surface area contributed by atoms with Crippen LogP contribution in [0.3, 0.4) is 0 Å². The summed E-state index contributed by atoms with van der Waals surface area (Å²) in [6.07, 6.45) is 2.36. The van der Waals surface area contributed by atoms with Crippen LogP contribution >= 0.6 is 0 Å². The molecule has 0 bridgehead atoms. The summed E-state index contributed by atoms with van der Waals surface area (Å²) in [5.74, 6) is 0. The highest BCUT2D eigenvalue weighted by atomic mass is 15.1. The predicted octanol–water partition coefficient (Wildman–Crippen LogP) is 3.60. The molecule has 0 fully saturated rings. The molecule has 2 aromatic rings. The molecular weight excluding hydrogens is 230 g/mol. The molecule has 0 saturated heterocycles. The van der Waals surface area contributed by atoms with E-state index in [1.54, 1.807) is 5.56 Å². The van der Waals surface area contributed by atoms with Crippen LogP contribution in [0.25, 0.3) is 0 Å². The quantitative estimate of drug-likeness (QED) is 0.805. The highest BCUT2D eigenvalue weighted by Gasteiger charge is 2.16. The van der Waals surface area contributed by atoms with Gasteiger partial charge in [-0.05, 0) is 42.0 Å². The average Bonchev–Trinajstić information content (AvgIpc) is 2.46. The van der Waals surface area contributed by atoms with Gasteiger partial charge in [0.05, 0.1) is 0 Å². The molecule has 0 radical (unpaired) electrons. The first-order chi connectivity index (χ1) is 9.33. The van der Waals surface area contributed by atoms with Gasteiger partial charge in [-0.3, -0.25) is 4.90 Å². The van der Waals surface area contributed by atoms with Crippen LogP contribution < -0.4 is 0 Å². The molecule has 0 saturated carbocycles. The smallest absolute Gasteiger partial charge is 0.0236 e. The molecule has 3 rings (SSSR count). The number of rotatable bonds is 3. The van der Waals surface area contributed by atoms with E-state index in [0.717, 1.165) is 19.5 Å². The van der Waals surface area contributed by atoms with Crippen LogP contribution in [-0.2, 0) is 19.4 Å². The second-order valence-electron chi connectivity index (χ2n) is 5.47. The number of hydrogen-bond acceptors (Lipinski definition) is 1. The maximum atomic E-state index is 2.58. The third-order valence-electron chi connectivity index (χ3n) is 4.14. The van der Waals surface area contributed by atoms with Crippen molar-refractivity contribution in [3.8, 4) is 0 Å². The Balaban J connectivity index is 1.63. The maximum absolute atomic E-state index is 2.58. The highest BCUT2D eigenvalue weighted by Crippen LogP contribution is 2.22. The van der Waals surface area contributed by atoms with Crippen LogP contribution in [0.15, 0.2) is 48.5 Å². The lowest BCUT2D eigenvalue weighted by atomic mass is 9.95. The maximum Gasteiger partial charge on any atom is 0.0236 e. The van der Waals surface area contributed by atoms with Gasteiger partial charge >= 0.3 is 0 Å². The Morgan fingerprint density at radius 2 is 1.84 bits per heavy atom. The van der Waals surface area contributed by atoms with E-state index in [1.807, 2.05) is 0 Å². The Morgan fingerprint density at radius 1 is 1.00 bits per heavy atom. The summed E-state index contributed by atoms with van der Waals surface area (Å²) in [7, 11) is 0. The van der Waals surface area contributed by atoms with Gasteiger partial charge in [-0.1, -0.05) is 48.5 Å². The fraction of sp³-hybridized carbons (Fsp3) is 0.333. The molecule has 0 aliphatic carbocycles. The van der Waals surface area contributed by atoms with Gasteiger partial charge < -0.3 is 0 Å². The van der Waals surface area contributed by atoms with Crippen molar-refractivity contribution in [1.82, 2.24) is 4.90 Å². The number of nitrogens with zero attached hydrogens (tertiary/aromatic N) is 1. The van der Waals surface area contributed by atoms with Crippen LogP contribution in [0.1, 0.15) is 22.3 Å². The molecule has 2 aromatic carbocycles. The standard InChI is InChI=1S/C18H21N/c1-15-6-5-9-17-14-19(13-11-18(15)17)12-10-16-7-3-2-4-8-16/h2-9H,10-14H2,1H3. The van der Waals surface area contributed by atoms with Gasteiger partial charge in [0.15, 0.2) is 0 Å². The first-order valence-corrected chi connectivity index (χ1v) is 7.16. The van der Waals surface area contributed by atoms with Crippen molar-refractivity contribution in [2.45, 2.75) is 26.3 Å². The fourth-order valence-electron chi connectivity index (χ4n) is 2.98. The SMILES string of the molecule is Cc1cccc2c1CCN(CCc1ccccc1)C2. The minimum Gasteiger partial charge on any atom is -0.298 e. The largest absolute Gasteiger partial charge is 0.298 e. The van der Waals surface area contributed by atoms with Gasteiger partial charge in [0.1, 0.15) is 0 Å². The van der Waals surface area contributed by atoms with E-state index >= 15 is 0 Å². The molecule has 98 valence electrons. The Bertz CT molecular complexity index is 545. The third kappa shape index (κ3) is 2.87. The van der Waals surface area contributed by atoms with Gasteiger partial charge in [0.25, 0.3) is 0 Å². The summed E-state index contributed by atoms with van der Waals surface area (Å²) in [6, 6.07) is 17.5. The first-order valence-electron chi connectivity index (χ1n) is 7.16. The lowest BCUT2D eigenvalue weighted by molar-refractivity contribution is 0.257. The summed E-state index contributed by atoms with van der Waals surface area (Å²) in [5, 5.41) is 0. The second-order valence-corrected chi connectivity index (χ2v) is 5.47. The van der Waals surface area contributed by atoms with Gasteiger partial charge in [0.2, 0.25) is 0 Å². The van der Waals surface area contributed by atoms with Crippen molar-refractivity contribution < 1.29 is 0 Å². The van der Waals surface area contributed by atoms with E-state index < -0.39 is 0 Å². The molecule has 1 aliphatic heterocycles. The number of aryl methyl sites for hydroxylation is 1. The molecular formula is C18H21N. The van der Waals surface area contributed by atoms with Crippen LogP contribution in [0.2, 0.25) is 0 Å². The summed E-state index contributed by atoms with van der Waals surface area (Å²) in [6.45, 7) is 5.71. The zero-order valence-corrected chi connectivity index (χ0v) is 11.6. The van der Waals surface area contributed by atoms with Crippen LogP contribution in [0, 0.1) is 6.92 Å². The lowest BCUT2D eigenvalue weighted by Crippen LogP contribution is -2.32. The van der Waals surface area contributed by atoms with E-state index in [-0.39, 0.29) is 0 Å². The predicted molar refractivity (Wildman–Crippen MR) is 80.3 cm³/mol. The molecule has 1 nitrogen and oxygen atoms in total. The van der Waals surface area contributed by atoms with Crippen molar-refractivity contribution in [3.05, 3.63) is 70.8 Å². The lowest BCUT2D eigenvalue weighted by Gasteiger charge is -2.29. The fourth-order valence-corrected chi connectivity index (χ4v) is 2.98.